The van der Waals surface area contributed by atoms with Crippen molar-refractivity contribution in [3.05, 3.63) is 23.6 Å². The molecule has 0 bridgehead atoms. The van der Waals surface area contributed by atoms with Crippen LogP contribution in [0.3, 0.4) is 0 Å². The van der Waals surface area contributed by atoms with Crippen LogP contribution in [0, 0.1) is 5.82 Å². The molecular weight excluding hydrogens is 297 g/mol. The van der Waals surface area contributed by atoms with Crippen molar-refractivity contribution in [2.24, 2.45) is 5.16 Å². The Hall–Kier alpha value is -1.96. The number of hydrogen-bond acceptors (Lipinski definition) is 6. The van der Waals surface area contributed by atoms with Gasteiger partial charge in [-0.15, -0.1) is 0 Å². The predicted octanol–water partition coefficient (Wildman–Crippen LogP) is 2.31. The Balaban J connectivity index is 1.86. The summed E-state index contributed by atoms with van der Waals surface area (Å²) in [5.41, 5.74) is 5.79. The van der Waals surface area contributed by atoms with Crippen LogP contribution in [0.15, 0.2) is 21.8 Å². The normalized spacial score (nSPS) is 18.5. The summed E-state index contributed by atoms with van der Waals surface area (Å²) in [6, 6.07) is 2.61. The van der Waals surface area contributed by atoms with Gasteiger partial charge < -0.3 is 15.1 Å². The average molecular weight is 311 g/mol. The number of benzene rings is 1. The summed E-state index contributed by atoms with van der Waals surface area (Å²) >= 11 is 0. The topological polar surface area (TPSA) is 90.7 Å². The van der Waals surface area contributed by atoms with E-state index in [4.69, 9.17) is 15.1 Å². The van der Waals surface area contributed by atoms with E-state index in [9.17, 15) is 8.60 Å². The first kappa shape index (κ1) is 14.0. The maximum atomic E-state index is 13.5. The van der Waals surface area contributed by atoms with Crippen LogP contribution < -0.4 is 5.73 Å². The quantitative estimate of drug-likeness (QED) is 0.859. The third-order valence-corrected chi connectivity index (χ3v) is 4.45. The van der Waals surface area contributed by atoms with Crippen LogP contribution in [0.4, 0.5) is 10.1 Å². The highest BCUT2D eigenvalue weighted by Crippen LogP contribution is 2.27. The van der Waals surface area contributed by atoms with Gasteiger partial charge in [-0.25, -0.2) is 4.39 Å². The van der Waals surface area contributed by atoms with Gasteiger partial charge in [0, 0.05) is 17.9 Å². The standard InChI is InChI=1S/C13H14FN3O3S/c1-13(2)5-12(17-20-13)21(18)6-10-7-3-8(14)9(15)4-11(7)19-16-10/h3-4H,5-6,15H2,1-2H3. The van der Waals surface area contributed by atoms with Crippen molar-refractivity contribution in [3.8, 4) is 0 Å². The molecule has 6 nitrogen and oxygen atoms in total. The molecule has 0 spiro atoms. The van der Waals surface area contributed by atoms with E-state index in [1.165, 1.54) is 12.1 Å². The van der Waals surface area contributed by atoms with E-state index in [1.54, 1.807) is 0 Å². The number of nitrogen functional groups attached to an aromatic ring is 1. The Labute approximate surface area is 122 Å². The van der Waals surface area contributed by atoms with E-state index < -0.39 is 22.2 Å². The minimum Gasteiger partial charge on any atom is -0.396 e. The summed E-state index contributed by atoms with van der Waals surface area (Å²) in [5.74, 6) is -0.463. The van der Waals surface area contributed by atoms with Gasteiger partial charge in [-0.3, -0.25) is 4.21 Å². The molecule has 1 aromatic heterocycles. The highest BCUT2D eigenvalue weighted by Gasteiger charge is 2.32. The molecule has 21 heavy (non-hydrogen) atoms. The second-order valence-corrected chi connectivity index (χ2v) is 6.95. The zero-order valence-corrected chi connectivity index (χ0v) is 12.4. The number of halogens is 1. The lowest BCUT2D eigenvalue weighted by atomic mass is 10.1. The Bertz CT molecular complexity index is 769. The van der Waals surface area contributed by atoms with Crippen molar-refractivity contribution in [2.45, 2.75) is 31.6 Å². The van der Waals surface area contributed by atoms with Crippen molar-refractivity contribution in [1.82, 2.24) is 5.16 Å². The van der Waals surface area contributed by atoms with Crippen molar-refractivity contribution in [1.29, 1.82) is 0 Å². The zero-order chi connectivity index (χ0) is 15.2. The van der Waals surface area contributed by atoms with Gasteiger partial charge in [-0.1, -0.05) is 10.3 Å². The summed E-state index contributed by atoms with van der Waals surface area (Å²) in [6.45, 7) is 3.73. The summed E-state index contributed by atoms with van der Waals surface area (Å²) < 4.78 is 30.9. The molecule has 8 heteroatoms. The van der Waals surface area contributed by atoms with Crippen LogP contribution in [0.1, 0.15) is 26.0 Å². The monoisotopic (exact) mass is 311 g/mol. The molecule has 0 aliphatic carbocycles. The fourth-order valence-corrected chi connectivity index (χ4v) is 3.31. The molecule has 0 saturated carbocycles. The van der Waals surface area contributed by atoms with Gasteiger partial charge in [0.15, 0.2) is 5.58 Å². The van der Waals surface area contributed by atoms with Gasteiger partial charge in [0.2, 0.25) is 0 Å². The summed E-state index contributed by atoms with van der Waals surface area (Å²) in [4.78, 5) is 5.19. The number of nitrogens with zero attached hydrogens (tertiary/aromatic N) is 2. The smallest absolute Gasteiger partial charge is 0.169 e. The summed E-state index contributed by atoms with van der Waals surface area (Å²) in [5, 5.41) is 8.62. The maximum Gasteiger partial charge on any atom is 0.169 e. The Kier molecular flexibility index (Phi) is 3.20. The number of nitrogens with two attached hydrogens (primary N) is 1. The van der Waals surface area contributed by atoms with E-state index in [-0.39, 0.29) is 11.4 Å². The van der Waals surface area contributed by atoms with Crippen molar-refractivity contribution < 1.29 is 18.0 Å². The number of rotatable bonds is 2. The van der Waals surface area contributed by atoms with Crippen molar-refractivity contribution >= 4 is 32.5 Å². The van der Waals surface area contributed by atoms with Gasteiger partial charge in [0.05, 0.1) is 22.2 Å². The van der Waals surface area contributed by atoms with E-state index in [0.717, 1.165) is 0 Å². The summed E-state index contributed by atoms with van der Waals surface area (Å²) in [6.07, 6.45) is 0.483. The van der Waals surface area contributed by atoms with Gasteiger partial charge >= 0.3 is 0 Å². The van der Waals surface area contributed by atoms with Crippen LogP contribution in [0.2, 0.25) is 0 Å². The molecule has 1 aliphatic heterocycles. The Morgan fingerprint density at radius 3 is 2.90 bits per heavy atom. The second kappa shape index (κ2) is 4.80. The lowest BCUT2D eigenvalue weighted by Crippen LogP contribution is -2.20. The molecule has 0 amide bonds. The van der Waals surface area contributed by atoms with Crippen LogP contribution in [-0.4, -0.2) is 20.0 Å². The summed E-state index contributed by atoms with van der Waals surface area (Å²) in [7, 11) is -1.39. The number of aromatic nitrogens is 1. The number of hydrogen-bond donors (Lipinski definition) is 1. The van der Waals surface area contributed by atoms with Crippen molar-refractivity contribution in [3.63, 3.8) is 0 Å². The molecule has 1 unspecified atom stereocenters. The van der Waals surface area contributed by atoms with E-state index in [2.05, 4.69) is 10.3 Å². The average Bonchev–Trinajstić information content (AvgIpc) is 2.95. The van der Waals surface area contributed by atoms with Crippen LogP contribution in [0.5, 0.6) is 0 Å². The van der Waals surface area contributed by atoms with Gasteiger partial charge in [-0.05, 0) is 19.9 Å². The largest absolute Gasteiger partial charge is 0.396 e. The first-order valence-corrected chi connectivity index (χ1v) is 7.64. The van der Waals surface area contributed by atoms with Crippen molar-refractivity contribution in [2.75, 3.05) is 5.73 Å². The number of anilines is 1. The fourth-order valence-electron chi connectivity index (χ4n) is 2.06. The molecule has 0 fully saturated rings. The molecule has 3 rings (SSSR count). The second-order valence-electron chi connectivity index (χ2n) is 5.50. The van der Waals surface area contributed by atoms with Gasteiger partial charge in [0.1, 0.15) is 22.2 Å². The van der Waals surface area contributed by atoms with Crippen LogP contribution >= 0.6 is 0 Å². The molecule has 112 valence electrons. The Morgan fingerprint density at radius 1 is 1.48 bits per heavy atom. The third-order valence-electron chi connectivity index (χ3n) is 3.17. The molecule has 2 heterocycles. The molecule has 1 aromatic carbocycles. The molecule has 0 saturated heterocycles. The fraction of sp³-hybridized carbons (Fsp3) is 0.385. The highest BCUT2D eigenvalue weighted by molar-refractivity contribution is 7.99. The van der Waals surface area contributed by atoms with Gasteiger partial charge in [0.25, 0.3) is 0 Å². The van der Waals surface area contributed by atoms with E-state index in [0.29, 0.717) is 28.1 Å². The first-order chi connectivity index (χ1) is 9.85. The minimum absolute atomic E-state index is 0.0124. The molecule has 1 aliphatic rings. The number of oxime groups is 1. The predicted molar refractivity (Wildman–Crippen MR) is 77.4 cm³/mol. The minimum atomic E-state index is -1.39. The van der Waals surface area contributed by atoms with E-state index in [1.807, 2.05) is 13.8 Å². The lowest BCUT2D eigenvalue weighted by Gasteiger charge is -2.12. The molecule has 0 radical (unpaired) electrons. The van der Waals surface area contributed by atoms with E-state index >= 15 is 0 Å². The lowest BCUT2D eigenvalue weighted by molar-refractivity contribution is 0.0123. The third kappa shape index (κ3) is 2.63. The maximum absolute atomic E-state index is 13.5. The molecular formula is C13H14FN3O3S. The SMILES string of the molecule is CC1(C)CC(S(=O)Cc2noc3cc(N)c(F)cc23)=NO1. The Morgan fingerprint density at radius 2 is 2.24 bits per heavy atom. The van der Waals surface area contributed by atoms with Gasteiger partial charge in [-0.2, -0.15) is 0 Å². The molecule has 1 atom stereocenters. The number of fused-ring (bicyclic) bond motifs is 1. The zero-order valence-electron chi connectivity index (χ0n) is 11.6. The molecule has 2 aromatic rings. The van der Waals surface area contributed by atoms with Crippen LogP contribution in [0.25, 0.3) is 11.0 Å². The molecule has 2 N–H and O–H groups in total. The highest BCUT2D eigenvalue weighted by atomic mass is 32.2. The van der Waals surface area contributed by atoms with Crippen LogP contribution in [-0.2, 0) is 21.4 Å². The first-order valence-electron chi connectivity index (χ1n) is 6.32.